The Balaban J connectivity index is 2.47. The van der Waals surface area contributed by atoms with Gasteiger partial charge in [-0.05, 0) is 38.0 Å². The second-order valence-electron chi connectivity index (χ2n) is 4.90. The van der Waals surface area contributed by atoms with Crippen LogP contribution in [-0.4, -0.2) is 17.6 Å². The molecule has 4 N–H and O–H groups in total. The van der Waals surface area contributed by atoms with Crippen molar-refractivity contribution in [2.75, 3.05) is 4.90 Å². The van der Waals surface area contributed by atoms with Crippen molar-refractivity contribution in [1.82, 2.24) is 0 Å². The molecule has 0 aromatic heterocycles. The van der Waals surface area contributed by atoms with Gasteiger partial charge in [-0.3, -0.25) is 4.90 Å². The van der Waals surface area contributed by atoms with Gasteiger partial charge in [0.1, 0.15) is 5.66 Å². The van der Waals surface area contributed by atoms with Crippen LogP contribution in [0.3, 0.4) is 0 Å². The number of nitrogens with two attached hydrogens (primary N) is 2. The number of hydrogen-bond donors (Lipinski definition) is 2. The summed E-state index contributed by atoms with van der Waals surface area (Å²) in [6, 6.07) is 5.83. The number of guanidine groups is 2. The predicted molar refractivity (Wildman–Crippen MR) is 80.6 cm³/mol. The second-order valence-corrected chi connectivity index (χ2v) is 5.31. The summed E-state index contributed by atoms with van der Waals surface area (Å²) in [6.07, 6.45) is 0.886. The summed E-state index contributed by atoms with van der Waals surface area (Å²) in [5, 5.41) is 0.714. The van der Waals surface area contributed by atoms with Gasteiger partial charge < -0.3 is 11.5 Å². The molecule has 0 aliphatic carbocycles. The average molecular weight is 280 g/mol. The summed E-state index contributed by atoms with van der Waals surface area (Å²) in [7, 11) is 0. The molecule has 102 valence electrons. The summed E-state index contributed by atoms with van der Waals surface area (Å²) in [4.78, 5) is 10.1. The van der Waals surface area contributed by atoms with Crippen LogP contribution in [0.2, 0.25) is 5.02 Å². The second kappa shape index (κ2) is 4.74. The van der Waals surface area contributed by atoms with Crippen LogP contribution in [-0.2, 0) is 6.42 Å². The highest BCUT2D eigenvalue weighted by atomic mass is 35.5. The van der Waals surface area contributed by atoms with E-state index in [0.29, 0.717) is 11.0 Å². The number of aryl methyl sites for hydroxylation is 1. The molecule has 0 saturated heterocycles. The molecule has 19 heavy (non-hydrogen) atoms. The van der Waals surface area contributed by atoms with Crippen molar-refractivity contribution in [2.45, 2.75) is 32.9 Å². The molecule has 0 spiro atoms. The molecule has 1 aliphatic rings. The van der Waals surface area contributed by atoms with Gasteiger partial charge in [-0.2, -0.15) is 4.99 Å². The normalized spacial score (nSPS) is 18.0. The van der Waals surface area contributed by atoms with Gasteiger partial charge in [0.25, 0.3) is 0 Å². The number of benzene rings is 1. The van der Waals surface area contributed by atoms with E-state index in [9.17, 15) is 0 Å². The molecule has 0 fully saturated rings. The minimum Gasteiger partial charge on any atom is -0.369 e. The van der Waals surface area contributed by atoms with Gasteiger partial charge in [0.05, 0.1) is 0 Å². The van der Waals surface area contributed by atoms with Crippen molar-refractivity contribution in [3.8, 4) is 0 Å². The SMILES string of the molecule is CCc1ccc(N2C(N)=NC(N)=NC2(C)C)cc1Cl. The molecule has 0 saturated carbocycles. The third kappa shape index (κ3) is 2.51. The van der Waals surface area contributed by atoms with Crippen molar-refractivity contribution in [3.63, 3.8) is 0 Å². The highest BCUT2D eigenvalue weighted by Crippen LogP contribution is 2.30. The third-order valence-corrected chi connectivity index (χ3v) is 3.42. The van der Waals surface area contributed by atoms with Crippen molar-refractivity contribution >= 4 is 29.2 Å². The summed E-state index contributed by atoms with van der Waals surface area (Å²) >= 11 is 6.25. The van der Waals surface area contributed by atoms with Gasteiger partial charge in [0.15, 0.2) is 0 Å². The first-order valence-corrected chi connectivity index (χ1v) is 6.51. The first-order chi connectivity index (χ1) is 8.85. The van der Waals surface area contributed by atoms with E-state index in [0.717, 1.165) is 17.7 Å². The monoisotopic (exact) mass is 279 g/mol. The topological polar surface area (TPSA) is 80.0 Å². The quantitative estimate of drug-likeness (QED) is 0.870. The Kier molecular flexibility index (Phi) is 3.41. The Hall–Kier alpha value is -1.75. The maximum absolute atomic E-state index is 6.25. The molecule has 1 heterocycles. The molecule has 1 aromatic carbocycles. The molecule has 0 amide bonds. The average Bonchev–Trinajstić information content (AvgIpc) is 2.26. The number of halogens is 1. The zero-order valence-electron chi connectivity index (χ0n) is 11.3. The maximum Gasteiger partial charge on any atom is 0.220 e. The van der Waals surface area contributed by atoms with Gasteiger partial charge in [-0.15, -0.1) is 0 Å². The van der Waals surface area contributed by atoms with Gasteiger partial charge in [-0.25, -0.2) is 4.99 Å². The van der Waals surface area contributed by atoms with Crippen LogP contribution in [0.4, 0.5) is 5.69 Å². The number of nitrogens with zero attached hydrogens (tertiary/aromatic N) is 3. The highest BCUT2D eigenvalue weighted by Gasteiger charge is 2.33. The molecular weight excluding hydrogens is 262 g/mol. The van der Waals surface area contributed by atoms with Crippen LogP contribution in [0.25, 0.3) is 0 Å². The first kappa shape index (κ1) is 13.7. The molecule has 6 heteroatoms. The van der Waals surface area contributed by atoms with E-state index in [2.05, 4.69) is 16.9 Å². The van der Waals surface area contributed by atoms with Crippen LogP contribution in [0.15, 0.2) is 28.2 Å². The lowest BCUT2D eigenvalue weighted by atomic mass is 10.1. The number of rotatable bonds is 2. The minimum atomic E-state index is -0.590. The first-order valence-electron chi connectivity index (χ1n) is 6.13. The fourth-order valence-electron chi connectivity index (χ4n) is 2.21. The molecule has 1 aromatic rings. The van der Waals surface area contributed by atoms with Gasteiger partial charge in [0, 0.05) is 10.7 Å². The van der Waals surface area contributed by atoms with Crippen LogP contribution in [0.1, 0.15) is 26.3 Å². The van der Waals surface area contributed by atoms with E-state index < -0.39 is 5.66 Å². The largest absolute Gasteiger partial charge is 0.369 e. The molecule has 5 nitrogen and oxygen atoms in total. The minimum absolute atomic E-state index is 0.190. The molecule has 2 rings (SSSR count). The molecule has 0 unspecified atom stereocenters. The zero-order chi connectivity index (χ0) is 14.2. The lowest BCUT2D eigenvalue weighted by Crippen LogP contribution is -2.54. The van der Waals surface area contributed by atoms with E-state index in [1.54, 1.807) is 0 Å². The van der Waals surface area contributed by atoms with Crippen LogP contribution < -0.4 is 16.4 Å². The van der Waals surface area contributed by atoms with Crippen molar-refractivity contribution < 1.29 is 0 Å². The Morgan fingerprint density at radius 1 is 1.32 bits per heavy atom. The molecular formula is C13H18ClN5. The van der Waals surface area contributed by atoms with E-state index in [1.807, 2.05) is 36.9 Å². The van der Waals surface area contributed by atoms with Crippen LogP contribution in [0, 0.1) is 0 Å². The lowest BCUT2D eigenvalue weighted by Gasteiger charge is -2.38. The van der Waals surface area contributed by atoms with E-state index >= 15 is 0 Å². The van der Waals surface area contributed by atoms with Crippen LogP contribution in [0.5, 0.6) is 0 Å². The fraction of sp³-hybridized carbons (Fsp3) is 0.385. The van der Waals surface area contributed by atoms with E-state index in [4.69, 9.17) is 23.1 Å². The van der Waals surface area contributed by atoms with Gasteiger partial charge >= 0.3 is 0 Å². The smallest absolute Gasteiger partial charge is 0.220 e. The molecule has 0 radical (unpaired) electrons. The van der Waals surface area contributed by atoms with Crippen molar-refractivity contribution in [2.24, 2.45) is 21.5 Å². The standard InChI is InChI=1S/C13H18ClN5/c1-4-8-5-6-9(7-10(8)14)19-12(16)17-11(15)18-13(19,2)3/h5-7H,4H2,1-3H3,(H4,15,16,17,18). The molecule has 1 aliphatic heterocycles. The summed E-state index contributed by atoms with van der Waals surface area (Å²) < 4.78 is 0. The van der Waals surface area contributed by atoms with Gasteiger partial charge in [0.2, 0.25) is 11.9 Å². The summed E-state index contributed by atoms with van der Waals surface area (Å²) in [5.41, 5.74) is 13.0. The zero-order valence-corrected chi connectivity index (χ0v) is 12.1. The predicted octanol–water partition coefficient (Wildman–Crippen LogP) is 2.09. The Labute approximate surface area is 118 Å². The van der Waals surface area contributed by atoms with Crippen molar-refractivity contribution in [1.29, 1.82) is 0 Å². The maximum atomic E-state index is 6.25. The van der Waals surface area contributed by atoms with E-state index in [1.165, 1.54) is 0 Å². The molecule has 0 atom stereocenters. The molecule has 0 bridgehead atoms. The Morgan fingerprint density at radius 2 is 2.00 bits per heavy atom. The summed E-state index contributed by atoms with van der Waals surface area (Å²) in [6.45, 7) is 5.90. The Morgan fingerprint density at radius 3 is 2.53 bits per heavy atom. The van der Waals surface area contributed by atoms with Crippen LogP contribution >= 0.6 is 11.6 Å². The highest BCUT2D eigenvalue weighted by molar-refractivity contribution is 6.31. The summed E-state index contributed by atoms with van der Waals surface area (Å²) in [5.74, 6) is 0.507. The third-order valence-electron chi connectivity index (χ3n) is 3.07. The number of anilines is 1. The fourth-order valence-corrected chi connectivity index (χ4v) is 2.52. The van der Waals surface area contributed by atoms with Crippen molar-refractivity contribution in [3.05, 3.63) is 28.8 Å². The number of hydrogen-bond acceptors (Lipinski definition) is 5. The lowest BCUT2D eigenvalue weighted by molar-refractivity contribution is 0.534. The Bertz CT molecular complexity index is 562. The van der Waals surface area contributed by atoms with E-state index in [-0.39, 0.29) is 5.96 Å². The van der Waals surface area contributed by atoms with Gasteiger partial charge in [-0.1, -0.05) is 24.6 Å². The number of aliphatic imine (C=N–C) groups is 2.